The molecule has 0 fully saturated rings. The second-order valence-electron chi connectivity index (χ2n) is 4.65. The zero-order chi connectivity index (χ0) is 15.1. The van der Waals surface area contributed by atoms with Gasteiger partial charge in [0.1, 0.15) is 0 Å². The van der Waals surface area contributed by atoms with E-state index < -0.39 is 5.97 Å². The summed E-state index contributed by atoms with van der Waals surface area (Å²) in [5.74, 6) is -0.398. The van der Waals surface area contributed by atoms with Gasteiger partial charge in [0, 0.05) is 24.9 Å². The fourth-order valence-corrected chi connectivity index (χ4v) is 2.12. The van der Waals surface area contributed by atoms with Gasteiger partial charge < -0.3 is 4.74 Å². The quantitative estimate of drug-likeness (QED) is 0.729. The number of hydrogen-bond donors (Lipinski definition) is 0. The first kappa shape index (κ1) is 15.2. The maximum absolute atomic E-state index is 11.9. The molecule has 0 unspecified atom stereocenters. The Hall–Kier alpha value is -2.24. The topological polar surface area (TPSA) is 69.9 Å². The number of ether oxygens (including phenoxy) is 1. The number of carbonyl (C=O) groups excluding carboxylic acids is 1. The predicted octanol–water partition coefficient (Wildman–Crippen LogP) is 2.04. The van der Waals surface area contributed by atoms with Gasteiger partial charge in [0.25, 0.3) is 0 Å². The van der Waals surface area contributed by atoms with Gasteiger partial charge in [-0.2, -0.15) is 0 Å². The highest BCUT2D eigenvalue weighted by molar-refractivity contribution is 5.88. The number of hydrogen-bond acceptors (Lipinski definition) is 5. The molecule has 2 rings (SSSR count). The average Bonchev–Trinajstić information content (AvgIpc) is 2.90. The van der Waals surface area contributed by atoms with Gasteiger partial charge in [-0.15, -0.1) is 5.10 Å². The molecule has 0 radical (unpaired) electrons. The molecular formula is C15H20N4O2. The van der Waals surface area contributed by atoms with Crippen molar-refractivity contribution in [3.63, 3.8) is 0 Å². The van der Waals surface area contributed by atoms with Gasteiger partial charge in [-0.25, -0.2) is 9.48 Å². The zero-order valence-electron chi connectivity index (χ0n) is 12.5. The summed E-state index contributed by atoms with van der Waals surface area (Å²) in [7, 11) is 0. The summed E-state index contributed by atoms with van der Waals surface area (Å²) in [6.45, 7) is 4.83. The number of nitrogens with zero attached hydrogens (tertiary/aromatic N) is 4. The summed E-state index contributed by atoms with van der Waals surface area (Å²) in [6, 6.07) is 5.82. The molecular weight excluding hydrogens is 268 g/mol. The van der Waals surface area contributed by atoms with Crippen LogP contribution in [0, 0.1) is 0 Å². The van der Waals surface area contributed by atoms with Crippen LogP contribution in [0.25, 0.3) is 0 Å². The minimum Gasteiger partial charge on any atom is -0.461 e. The van der Waals surface area contributed by atoms with Gasteiger partial charge in [0.05, 0.1) is 12.3 Å². The monoisotopic (exact) mass is 288 g/mol. The van der Waals surface area contributed by atoms with Crippen molar-refractivity contribution in [3.8, 4) is 0 Å². The minimum atomic E-state index is -0.398. The summed E-state index contributed by atoms with van der Waals surface area (Å²) in [6.07, 6.45) is 4.20. The molecule has 0 N–H and O–H groups in total. The van der Waals surface area contributed by atoms with Gasteiger partial charge in [-0.1, -0.05) is 24.6 Å². The summed E-state index contributed by atoms with van der Waals surface area (Å²) in [5, 5.41) is 8.07. The molecule has 2 heterocycles. The lowest BCUT2D eigenvalue weighted by atomic mass is 10.2. The maximum atomic E-state index is 11.9. The lowest BCUT2D eigenvalue weighted by molar-refractivity contribution is 0.0518. The van der Waals surface area contributed by atoms with E-state index in [1.165, 1.54) is 0 Å². The van der Waals surface area contributed by atoms with Gasteiger partial charge in [0.15, 0.2) is 5.69 Å². The third kappa shape index (κ3) is 3.87. The largest absolute Gasteiger partial charge is 0.461 e. The molecule has 6 nitrogen and oxygen atoms in total. The number of rotatable bonds is 7. The molecule has 0 amide bonds. The van der Waals surface area contributed by atoms with E-state index in [-0.39, 0.29) is 0 Å². The van der Waals surface area contributed by atoms with Crippen LogP contribution in [0.5, 0.6) is 0 Å². The summed E-state index contributed by atoms with van der Waals surface area (Å²) in [4.78, 5) is 16.2. The Bertz CT molecular complexity index is 581. The van der Waals surface area contributed by atoms with Gasteiger partial charge in [0.2, 0.25) is 0 Å². The highest BCUT2D eigenvalue weighted by Crippen LogP contribution is 2.11. The summed E-state index contributed by atoms with van der Waals surface area (Å²) >= 11 is 0. The highest BCUT2D eigenvalue weighted by atomic mass is 16.5. The predicted molar refractivity (Wildman–Crippen MR) is 77.9 cm³/mol. The Labute approximate surface area is 124 Å². The molecule has 0 atom stereocenters. The molecule has 0 saturated carbocycles. The number of aryl methyl sites for hydroxylation is 2. The van der Waals surface area contributed by atoms with Crippen LogP contribution < -0.4 is 0 Å². The van der Waals surface area contributed by atoms with Crippen LogP contribution in [-0.2, 0) is 24.1 Å². The Kier molecular flexibility index (Phi) is 5.43. The van der Waals surface area contributed by atoms with Crippen LogP contribution in [0.4, 0.5) is 0 Å². The molecule has 2 aromatic heterocycles. The zero-order valence-corrected chi connectivity index (χ0v) is 12.5. The average molecular weight is 288 g/mol. The summed E-state index contributed by atoms with van der Waals surface area (Å²) < 4.78 is 6.81. The van der Waals surface area contributed by atoms with Crippen LogP contribution >= 0.6 is 0 Å². The first-order valence-corrected chi connectivity index (χ1v) is 7.25. The van der Waals surface area contributed by atoms with Crippen molar-refractivity contribution in [1.29, 1.82) is 0 Å². The van der Waals surface area contributed by atoms with Crippen molar-refractivity contribution in [1.82, 2.24) is 20.0 Å². The van der Waals surface area contributed by atoms with Crippen LogP contribution in [-0.4, -0.2) is 32.6 Å². The number of carbonyl (C=O) groups is 1. The van der Waals surface area contributed by atoms with Gasteiger partial charge in [-0.3, -0.25) is 4.98 Å². The number of esters is 1. The fraction of sp³-hybridized carbons (Fsp3) is 0.467. The Morgan fingerprint density at radius 2 is 2.14 bits per heavy atom. The molecule has 0 aliphatic rings. The van der Waals surface area contributed by atoms with E-state index in [2.05, 4.69) is 22.2 Å². The summed E-state index contributed by atoms with van der Waals surface area (Å²) in [5.41, 5.74) is 2.17. The van der Waals surface area contributed by atoms with E-state index >= 15 is 0 Å². The van der Waals surface area contributed by atoms with E-state index in [1.54, 1.807) is 17.8 Å². The second kappa shape index (κ2) is 7.52. The molecule has 0 aromatic carbocycles. The number of pyridine rings is 1. The molecule has 0 spiro atoms. The first-order valence-electron chi connectivity index (χ1n) is 7.25. The van der Waals surface area contributed by atoms with Crippen LogP contribution in [0.15, 0.2) is 24.4 Å². The van der Waals surface area contributed by atoms with E-state index in [0.717, 1.165) is 30.7 Å². The molecule has 6 heteroatoms. The standard InChI is InChI=1S/C15H20N4O2/c1-3-7-13-14(15(20)21-4-2)17-18-19(13)11-9-12-8-5-6-10-16-12/h5-6,8,10H,3-4,7,9,11H2,1-2H3. The third-order valence-electron chi connectivity index (χ3n) is 3.10. The lowest BCUT2D eigenvalue weighted by Crippen LogP contribution is -2.12. The SMILES string of the molecule is CCCc1c(C(=O)OCC)nnn1CCc1ccccn1. The molecule has 0 aliphatic heterocycles. The fourth-order valence-electron chi connectivity index (χ4n) is 2.12. The van der Waals surface area contributed by atoms with Gasteiger partial charge >= 0.3 is 5.97 Å². The van der Waals surface area contributed by atoms with Crippen molar-refractivity contribution >= 4 is 5.97 Å². The smallest absolute Gasteiger partial charge is 0.360 e. The van der Waals surface area contributed by atoms with Crippen LogP contribution in [0.1, 0.15) is 42.1 Å². The molecule has 2 aromatic rings. The Morgan fingerprint density at radius 3 is 2.81 bits per heavy atom. The molecule has 0 bridgehead atoms. The first-order chi connectivity index (χ1) is 10.3. The van der Waals surface area contributed by atoms with Crippen molar-refractivity contribution in [2.45, 2.75) is 39.7 Å². The molecule has 0 saturated heterocycles. The second-order valence-corrected chi connectivity index (χ2v) is 4.65. The maximum Gasteiger partial charge on any atom is 0.360 e. The highest BCUT2D eigenvalue weighted by Gasteiger charge is 2.19. The van der Waals surface area contributed by atoms with Crippen molar-refractivity contribution in [2.24, 2.45) is 0 Å². The van der Waals surface area contributed by atoms with E-state index in [1.807, 2.05) is 18.2 Å². The van der Waals surface area contributed by atoms with Crippen molar-refractivity contribution < 1.29 is 9.53 Å². The van der Waals surface area contributed by atoms with E-state index in [0.29, 0.717) is 18.8 Å². The Balaban J connectivity index is 2.13. The number of aromatic nitrogens is 4. The van der Waals surface area contributed by atoms with Crippen molar-refractivity contribution in [3.05, 3.63) is 41.5 Å². The van der Waals surface area contributed by atoms with E-state index in [9.17, 15) is 4.79 Å². The lowest BCUT2D eigenvalue weighted by Gasteiger charge is -2.06. The van der Waals surface area contributed by atoms with Gasteiger partial charge in [-0.05, 0) is 25.5 Å². The third-order valence-corrected chi connectivity index (χ3v) is 3.10. The van der Waals surface area contributed by atoms with Crippen molar-refractivity contribution in [2.75, 3.05) is 6.61 Å². The minimum absolute atomic E-state index is 0.333. The normalized spacial score (nSPS) is 10.6. The Morgan fingerprint density at radius 1 is 1.29 bits per heavy atom. The molecule has 112 valence electrons. The van der Waals surface area contributed by atoms with E-state index in [4.69, 9.17) is 4.74 Å². The van der Waals surface area contributed by atoms with Crippen LogP contribution in [0.2, 0.25) is 0 Å². The van der Waals surface area contributed by atoms with Crippen LogP contribution in [0.3, 0.4) is 0 Å². The molecule has 0 aliphatic carbocycles. The molecule has 21 heavy (non-hydrogen) atoms.